The first kappa shape index (κ1) is 25.1. The van der Waals surface area contributed by atoms with Crippen molar-refractivity contribution in [2.24, 2.45) is 0 Å². The van der Waals surface area contributed by atoms with Crippen molar-refractivity contribution in [3.05, 3.63) is 81.2 Å². The lowest BCUT2D eigenvalue weighted by Gasteiger charge is -2.17. The van der Waals surface area contributed by atoms with Crippen molar-refractivity contribution in [1.82, 2.24) is 9.55 Å². The summed E-state index contributed by atoms with van der Waals surface area (Å²) in [4.78, 5) is 44.9. The molecule has 36 heavy (non-hydrogen) atoms. The monoisotopic (exact) mass is 504 g/mol. The molecule has 9 heteroatoms. The number of nitrogens with one attached hydrogen (secondary N) is 2. The topological polar surface area (TPSA) is 102 Å². The van der Waals surface area contributed by atoms with Crippen LogP contribution < -0.4 is 20.9 Å². The van der Waals surface area contributed by atoms with Gasteiger partial charge in [-0.2, -0.15) is 0 Å². The standard InChI is InChI=1S/C27H28N4O4S/c1-5-17-11-13-18(14-12-17)29-24(32)20(6-2)31-15-28-26-22(27(31)34)16(3)23(36-26)25(33)30-19-9-7-8-10-21(19)35-4/h7-15,20H,5-6H2,1-4H3,(H,29,32)(H,30,33). The SMILES string of the molecule is CCc1ccc(NC(=O)C(CC)n2cnc3sc(C(=O)Nc4ccccc4OC)c(C)c3c2=O)cc1. The second-order valence-electron chi connectivity index (χ2n) is 8.31. The Bertz CT molecular complexity index is 1470. The average Bonchev–Trinajstić information content (AvgIpc) is 3.23. The maximum Gasteiger partial charge on any atom is 0.266 e. The Kier molecular flexibility index (Phi) is 7.49. The summed E-state index contributed by atoms with van der Waals surface area (Å²) in [7, 11) is 1.53. The third-order valence-corrected chi connectivity index (χ3v) is 7.29. The Morgan fingerprint density at radius 2 is 1.81 bits per heavy atom. The van der Waals surface area contributed by atoms with E-state index in [1.807, 2.05) is 37.3 Å². The van der Waals surface area contributed by atoms with Crippen LogP contribution in [0.25, 0.3) is 10.2 Å². The molecule has 0 spiro atoms. The van der Waals surface area contributed by atoms with E-state index in [4.69, 9.17) is 4.74 Å². The lowest BCUT2D eigenvalue weighted by atomic mass is 10.1. The van der Waals surface area contributed by atoms with Crippen LogP contribution in [0.15, 0.2) is 59.7 Å². The zero-order valence-corrected chi connectivity index (χ0v) is 21.4. The molecule has 4 aromatic rings. The fourth-order valence-electron chi connectivity index (χ4n) is 4.06. The minimum Gasteiger partial charge on any atom is -0.495 e. The zero-order valence-electron chi connectivity index (χ0n) is 20.6. The number of carbonyl (C=O) groups excluding carboxylic acids is 2. The van der Waals surface area contributed by atoms with Crippen molar-refractivity contribution in [1.29, 1.82) is 0 Å². The molecule has 0 aliphatic rings. The molecule has 0 saturated heterocycles. The van der Waals surface area contributed by atoms with Gasteiger partial charge in [-0.1, -0.05) is 38.1 Å². The quantitative estimate of drug-likeness (QED) is 0.344. The van der Waals surface area contributed by atoms with E-state index in [0.717, 1.165) is 17.8 Å². The van der Waals surface area contributed by atoms with E-state index < -0.39 is 6.04 Å². The molecule has 0 aliphatic carbocycles. The van der Waals surface area contributed by atoms with Gasteiger partial charge in [-0.3, -0.25) is 19.0 Å². The van der Waals surface area contributed by atoms with E-state index >= 15 is 0 Å². The second-order valence-corrected chi connectivity index (χ2v) is 9.31. The van der Waals surface area contributed by atoms with Gasteiger partial charge in [-0.15, -0.1) is 11.3 Å². The van der Waals surface area contributed by atoms with Gasteiger partial charge in [0.2, 0.25) is 5.91 Å². The van der Waals surface area contributed by atoms with E-state index in [2.05, 4.69) is 22.5 Å². The first-order chi connectivity index (χ1) is 17.4. The first-order valence-corrected chi connectivity index (χ1v) is 12.5. The normalized spacial score (nSPS) is 11.8. The molecule has 0 bridgehead atoms. The Hall–Kier alpha value is -3.98. The first-order valence-electron chi connectivity index (χ1n) is 11.7. The van der Waals surface area contributed by atoms with Crippen molar-refractivity contribution in [2.45, 2.75) is 39.7 Å². The predicted molar refractivity (Wildman–Crippen MR) is 143 cm³/mol. The van der Waals surface area contributed by atoms with Gasteiger partial charge in [0.15, 0.2) is 0 Å². The summed E-state index contributed by atoms with van der Waals surface area (Å²) in [5.74, 6) is -0.121. The van der Waals surface area contributed by atoms with Crippen LogP contribution in [0.1, 0.15) is 47.1 Å². The van der Waals surface area contributed by atoms with Crippen molar-refractivity contribution in [2.75, 3.05) is 17.7 Å². The third kappa shape index (κ3) is 4.87. The Morgan fingerprint density at radius 1 is 1.08 bits per heavy atom. The number of fused-ring (bicyclic) bond motifs is 1. The molecule has 4 rings (SSSR count). The number of amides is 2. The third-order valence-electron chi connectivity index (χ3n) is 6.09. The number of aromatic nitrogens is 2. The van der Waals surface area contributed by atoms with E-state index in [-0.39, 0.29) is 17.4 Å². The molecular formula is C27H28N4O4S. The summed E-state index contributed by atoms with van der Waals surface area (Å²) in [5.41, 5.74) is 2.54. The molecule has 2 aromatic heterocycles. The summed E-state index contributed by atoms with van der Waals surface area (Å²) in [5, 5.41) is 6.08. The Labute approximate surface area is 212 Å². The van der Waals surface area contributed by atoms with Crippen LogP contribution in [0.3, 0.4) is 0 Å². The summed E-state index contributed by atoms with van der Waals surface area (Å²) in [6.45, 7) is 5.63. The van der Waals surface area contributed by atoms with Crippen molar-refractivity contribution in [3.8, 4) is 5.75 Å². The van der Waals surface area contributed by atoms with E-state index in [1.54, 1.807) is 25.1 Å². The molecule has 2 amide bonds. The van der Waals surface area contributed by atoms with Crippen LogP contribution in [0.5, 0.6) is 5.75 Å². The number of anilines is 2. The molecule has 186 valence electrons. The Balaban J connectivity index is 1.64. The van der Waals surface area contributed by atoms with Crippen molar-refractivity contribution >= 4 is 44.7 Å². The fraction of sp³-hybridized carbons (Fsp3) is 0.259. The molecule has 1 atom stereocenters. The summed E-state index contributed by atoms with van der Waals surface area (Å²) < 4.78 is 6.65. The van der Waals surface area contributed by atoms with E-state index in [1.165, 1.54) is 23.6 Å². The molecule has 0 saturated carbocycles. The van der Waals surface area contributed by atoms with Gasteiger partial charge in [0, 0.05) is 5.69 Å². The smallest absolute Gasteiger partial charge is 0.266 e. The van der Waals surface area contributed by atoms with Gasteiger partial charge in [0.25, 0.3) is 11.5 Å². The van der Waals surface area contributed by atoms with Gasteiger partial charge in [0.05, 0.1) is 29.4 Å². The molecule has 2 N–H and O–H groups in total. The van der Waals surface area contributed by atoms with Crippen LogP contribution in [0.2, 0.25) is 0 Å². The molecule has 0 fully saturated rings. The molecule has 1 unspecified atom stereocenters. The van der Waals surface area contributed by atoms with Crippen molar-refractivity contribution in [3.63, 3.8) is 0 Å². The van der Waals surface area contributed by atoms with Gasteiger partial charge in [-0.05, 0) is 55.2 Å². The highest BCUT2D eigenvalue weighted by atomic mass is 32.1. The highest BCUT2D eigenvalue weighted by Crippen LogP contribution is 2.30. The van der Waals surface area contributed by atoms with Crippen LogP contribution in [0, 0.1) is 6.92 Å². The molecule has 0 radical (unpaired) electrons. The van der Waals surface area contributed by atoms with E-state index in [0.29, 0.717) is 44.2 Å². The number of hydrogen-bond donors (Lipinski definition) is 2. The summed E-state index contributed by atoms with van der Waals surface area (Å²) in [6, 6.07) is 14.0. The maximum atomic E-state index is 13.5. The molecule has 8 nitrogen and oxygen atoms in total. The zero-order chi connectivity index (χ0) is 25.8. The van der Waals surface area contributed by atoms with Gasteiger partial charge >= 0.3 is 0 Å². The largest absolute Gasteiger partial charge is 0.495 e. The maximum absolute atomic E-state index is 13.5. The van der Waals surface area contributed by atoms with Crippen LogP contribution in [-0.2, 0) is 11.2 Å². The highest BCUT2D eigenvalue weighted by molar-refractivity contribution is 7.20. The number of carbonyl (C=O) groups is 2. The number of rotatable bonds is 8. The van der Waals surface area contributed by atoms with Gasteiger partial charge in [0.1, 0.15) is 16.6 Å². The number of methoxy groups -OCH3 is 1. The number of benzene rings is 2. The predicted octanol–water partition coefficient (Wildman–Crippen LogP) is 5.18. The van der Waals surface area contributed by atoms with Gasteiger partial charge < -0.3 is 15.4 Å². The van der Waals surface area contributed by atoms with Crippen LogP contribution in [-0.4, -0.2) is 28.5 Å². The number of aryl methyl sites for hydroxylation is 2. The Morgan fingerprint density at radius 3 is 2.47 bits per heavy atom. The number of thiophene rings is 1. The molecule has 0 aliphatic heterocycles. The lowest BCUT2D eigenvalue weighted by Crippen LogP contribution is -2.33. The van der Waals surface area contributed by atoms with Crippen LogP contribution >= 0.6 is 11.3 Å². The molecular weight excluding hydrogens is 476 g/mol. The highest BCUT2D eigenvalue weighted by Gasteiger charge is 2.25. The average molecular weight is 505 g/mol. The number of ether oxygens (including phenoxy) is 1. The lowest BCUT2D eigenvalue weighted by molar-refractivity contribution is -0.119. The number of para-hydroxylation sites is 2. The fourth-order valence-corrected chi connectivity index (χ4v) is 5.10. The second kappa shape index (κ2) is 10.7. The molecule has 2 heterocycles. The molecule has 2 aromatic carbocycles. The number of hydrogen-bond acceptors (Lipinski definition) is 6. The number of nitrogens with zero attached hydrogens (tertiary/aromatic N) is 2. The van der Waals surface area contributed by atoms with Crippen molar-refractivity contribution < 1.29 is 14.3 Å². The van der Waals surface area contributed by atoms with E-state index in [9.17, 15) is 14.4 Å². The summed E-state index contributed by atoms with van der Waals surface area (Å²) >= 11 is 1.14. The minimum absolute atomic E-state index is 0.299. The minimum atomic E-state index is -0.745. The van der Waals surface area contributed by atoms with Gasteiger partial charge in [-0.25, -0.2) is 4.98 Å². The van der Waals surface area contributed by atoms with Crippen LogP contribution in [0.4, 0.5) is 11.4 Å². The summed E-state index contributed by atoms with van der Waals surface area (Å²) in [6.07, 6.45) is 2.69.